The number of anilines is 1. The lowest BCUT2D eigenvalue weighted by molar-refractivity contribution is -0.0498. The number of nitrogens with zero attached hydrogens (tertiary/aromatic N) is 5. The second kappa shape index (κ2) is 8.19. The van der Waals surface area contributed by atoms with Crippen molar-refractivity contribution in [2.24, 2.45) is 0 Å². The third-order valence-corrected chi connectivity index (χ3v) is 4.58. The van der Waals surface area contributed by atoms with Crippen LogP contribution in [0, 0.1) is 0 Å². The maximum Gasteiger partial charge on any atom is 0.387 e. The molecule has 11 heteroatoms. The zero-order valence-corrected chi connectivity index (χ0v) is 15.6. The van der Waals surface area contributed by atoms with Crippen LogP contribution < -0.4 is 10.1 Å². The molecule has 0 aliphatic heterocycles. The molecule has 0 saturated heterocycles. The molecule has 1 N–H and O–H groups in total. The van der Waals surface area contributed by atoms with Gasteiger partial charge >= 0.3 is 6.61 Å². The van der Waals surface area contributed by atoms with Gasteiger partial charge in [0.25, 0.3) is 5.91 Å². The summed E-state index contributed by atoms with van der Waals surface area (Å²) in [4.78, 5) is 16.7. The average Bonchev–Trinajstić information content (AvgIpc) is 3.44. The normalized spacial score (nSPS) is 11.0. The van der Waals surface area contributed by atoms with Crippen LogP contribution in [0.3, 0.4) is 0 Å². The van der Waals surface area contributed by atoms with Crippen LogP contribution >= 0.6 is 11.3 Å². The number of hydrogen-bond acceptors (Lipinski definition) is 6. The van der Waals surface area contributed by atoms with Gasteiger partial charge in [0.15, 0.2) is 10.8 Å². The minimum Gasteiger partial charge on any atom is -0.435 e. The number of ether oxygens (including phenoxy) is 1. The van der Waals surface area contributed by atoms with Gasteiger partial charge in [0.2, 0.25) is 0 Å². The fraction of sp³-hybridized carbons (Fsp3) is 0.111. The molecule has 0 unspecified atom stereocenters. The monoisotopic (exact) mass is 416 g/mol. The number of carbonyl (C=O) groups is 1. The largest absolute Gasteiger partial charge is 0.435 e. The maximum absolute atomic E-state index is 12.4. The first-order valence-corrected chi connectivity index (χ1v) is 9.28. The molecule has 0 aliphatic rings. The van der Waals surface area contributed by atoms with Crippen LogP contribution in [-0.4, -0.2) is 37.1 Å². The third-order valence-electron chi connectivity index (χ3n) is 3.82. The summed E-state index contributed by atoms with van der Waals surface area (Å²) in [6.45, 7) is -2.47. The number of halogens is 2. The molecule has 1 amide bonds. The van der Waals surface area contributed by atoms with Crippen molar-refractivity contribution >= 4 is 22.4 Å². The topological polar surface area (TPSA) is 86.9 Å². The molecule has 148 valence electrons. The van der Waals surface area contributed by atoms with Crippen LogP contribution in [0.15, 0.2) is 60.4 Å². The van der Waals surface area contributed by atoms with E-state index in [0.29, 0.717) is 23.1 Å². The fourth-order valence-corrected chi connectivity index (χ4v) is 3.24. The van der Waals surface area contributed by atoms with Gasteiger partial charge < -0.3 is 4.74 Å². The highest BCUT2D eigenvalue weighted by Crippen LogP contribution is 2.27. The van der Waals surface area contributed by atoms with E-state index < -0.39 is 6.61 Å². The number of benzene rings is 1. The standard InChI is InChI=1S/C18H14F2N6O2S/c19-17(20)28-13-4-2-12(3-5-13)15-10-29-18(22-15)23-16(27)14-6-9-26(24-14)11-25-8-1-7-21-25/h1-10,17H,11H2,(H,22,23,27). The summed E-state index contributed by atoms with van der Waals surface area (Å²) in [5.74, 6) is -0.316. The van der Waals surface area contributed by atoms with Crippen molar-refractivity contribution < 1.29 is 18.3 Å². The fourth-order valence-electron chi connectivity index (χ4n) is 2.53. The lowest BCUT2D eigenvalue weighted by atomic mass is 10.2. The summed E-state index contributed by atoms with van der Waals surface area (Å²) in [6, 6.07) is 9.52. The molecule has 1 aromatic carbocycles. The highest BCUT2D eigenvalue weighted by atomic mass is 32.1. The molecule has 3 heterocycles. The summed E-state index contributed by atoms with van der Waals surface area (Å²) in [6.07, 6.45) is 5.15. The molecule has 0 spiro atoms. The highest BCUT2D eigenvalue weighted by molar-refractivity contribution is 7.14. The van der Waals surface area contributed by atoms with E-state index in [0.717, 1.165) is 0 Å². The van der Waals surface area contributed by atoms with Crippen LogP contribution in [0.5, 0.6) is 5.75 Å². The van der Waals surface area contributed by atoms with Gasteiger partial charge in [0, 0.05) is 29.5 Å². The Morgan fingerprint density at radius 3 is 2.72 bits per heavy atom. The molecule has 8 nitrogen and oxygen atoms in total. The predicted octanol–water partition coefficient (Wildman–Crippen LogP) is 3.56. The Morgan fingerprint density at radius 2 is 2.00 bits per heavy atom. The first-order valence-electron chi connectivity index (χ1n) is 8.40. The Morgan fingerprint density at radius 1 is 1.17 bits per heavy atom. The number of alkyl halides is 2. The van der Waals surface area contributed by atoms with Crippen molar-refractivity contribution in [3.63, 3.8) is 0 Å². The number of carbonyl (C=O) groups excluding carboxylic acids is 1. The van der Waals surface area contributed by atoms with E-state index in [1.807, 2.05) is 0 Å². The predicted molar refractivity (Wildman–Crippen MR) is 102 cm³/mol. The van der Waals surface area contributed by atoms with E-state index in [1.165, 1.54) is 23.5 Å². The molecular weight excluding hydrogens is 402 g/mol. The van der Waals surface area contributed by atoms with Crippen LogP contribution in [-0.2, 0) is 6.67 Å². The van der Waals surface area contributed by atoms with Crippen LogP contribution in [0.25, 0.3) is 11.3 Å². The maximum atomic E-state index is 12.4. The van der Waals surface area contributed by atoms with Gasteiger partial charge in [-0.3, -0.25) is 19.5 Å². The SMILES string of the molecule is O=C(Nc1nc(-c2ccc(OC(F)F)cc2)cs1)c1ccn(Cn2cccn2)n1. The van der Waals surface area contributed by atoms with E-state index in [9.17, 15) is 13.6 Å². The molecule has 0 saturated carbocycles. The van der Waals surface area contributed by atoms with Crippen LogP contribution in [0.4, 0.5) is 13.9 Å². The second-order valence-electron chi connectivity index (χ2n) is 5.82. The molecule has 4 aromatic rings. The molecule has 29 heavy (non-hydrogen) atoms. The average molecular weight is 416 g/mol. The number of aromatic nitrogens is 5. The summed E-state index contributed by atoms with van der Waals surface area (Å²) in [7, 11) is 0. The quantitative estimate of drug-likeness (QED) is 0.498. The summed E-state index contributed by atoms with van der Waals surface area (Å²) in [5, 5.41) is 13.2. The van der Waals surface area contributed by atoms with Gasteiger partial charge in [0.05, 0.1) is 5.69 Å². The molecule has 0 bridgehead atoms. The first kappa shape index (κ1) is 18.7. The minimum absolute atomic E-state index is 0.0678. The Hall–Kier alpha value is -3.60. The van der Waals surface area contributed by atoms with Gasteiger partial charge in [-0.2, -0.15) is 19.0 Å². The van der Waals surface area contributed by atoms with E-state index in [-0.39, 0.29) is 17.4 Å². The van der Waals surface area contributed by atoms with Crippen molar-refractivity contribution in [2.75, 3.05) is 5.32 Å². The minimum atomic E-state index is -2.87. The third kappa shape index (κ3) is 4.63. The number of amides is 1. The van der Waals surface area contributed by atoms with Gasteiger partial charge in [-0.05, 0) is 36.4 Å². The smallest absolute Gasteiger partial charge is 0.387 e. The van der Waals surface area contributed by atoms with Crippen molar-refractivity contribution in [1.82, 2.24) is 24.5 Å². The van der Waals surface area contributed by atoms with Gasteiger partial charge in [-0.1, -0.05) is 0 Å². The summed E-state index contributed by atoms with van der Waals surface area (Å²) >= 11 is 1.25. The number of thiazole rings is 1. The summed E-state index contributed by atoms with van der Waals surface area (Å²) in [5.41, 5.74) is 1.58. The highest BCUT2D eigenvalue weighted by Gasteiger charge is 2.13. The Balaban J connectivity index is 1.40. The van der Waals surface area contributed by atoms with Crippen molar-refractivity contribution in [2.45, 2.75) is 13.3 Å². The van der Waals surface area contributed by atoms with Crippen molar-refractivity contribution in [3.05, 3.63) is 66.1 Å². The van der Waals surface area contributed by atoms with Gasteiger partial charge in [-0.15, -0.1) is 11.3 Å². The van der Waals surface area contributed by atoms with Gasteiger partial charge in [0.1, 0.15) is 12.4 Å². The number of rotatable bonds is 7. The number of nitrogens with one attached hydrogen (secondary N) is 1. The van der Waals surface area contributed by atoms with Crippen LogP contribution in [0.2, 0.25) is 0 Å². The number of hydrogen-bond donors (Lipinski definition) is 1. The lowest BCUT2D eigenvalue weighted by Gasteiger charge is -2.04. The molecule has 0 atom stereocenters. The van der Waals surface area contributed by atoms with Gasteiger partial charge in [-0.25, -0.2) is 4.98 Å². The van der Waals surface area contributed by atoms with E-state index in [4.69, 9.17) is 0 Å². The van der Waals surface area contributed by atoms with E-state index in [2.05, 4.69) is 25.2 Å². The summed E-state index contributed by atoms with van der Waals surface area (Å²) < 4.78 is 32.0. The molecule has 0 radical (unpaired) electrons. The van der Waals surface area contributed by atoms with Crippen molar-refractivity contribution in [1.29, 1.82) is 0 Å². The molecular formula is C18H14F2N6O2S. The second-order valence-corrected chi connectivity index (χ2v) is 6.68. The molecule has 0 aliphatic carbocycles. The molecule has 4 rings (SSSR count). The van der Waals surface area contributed by atoms with E-state index in [1.54, 1.807) is 57.6 Å². The zero-order chi connectivity index (χ0) is 20.2. The Kier molecular flexibility index (Phi) is 5.29. The molecule has 0 fully saturated rings. The van der Waals surface area contributed by atoms with Crippen molar-refractivity contribution in [3.8, 4) is 17.0 Å². The first-order chi connectivity index (χ1) is 14.1. The van der Waals surface area contributed by atoms with Crippen LogP contribution in [0.1, 0.15) is 10.5 Å². The Labute approximate surface area is 167 Å². The lowest BCUT2D eigenvalue weighted by Crippen LogP contribution is -2.14. The van der Waals surface area contributed by atoms with E-state index >= 15 is 0 Å². The molecule has 3 aromatic heterocycles. The zero-order valence-electron chi connectivity index (χ0n) is 14.8. The Bertz CT molecular complexity index is 1090.